The van der Waals surface area contributed by atoms with Gasteiger partial charge in [0, 0.05) is 23.7 Å². The van der Waals surface area contributed by atoms with Gasteiger partial charge in [0.25, 0.3) is 0 Å². The highest BCUT2D eigenvalue weighted by molar-refractivity contribution is 7.71. The molecule has 6 heteroatoms. The van der Waals surface area contributed by atoms with E-state index in [-0.39, 0.29) is 0 Å². The monoisotopic (exact) mass is 432 g/mol. The van der Waals surface area contributed by atoms with E-state index in [1.165, 1.54) is 11.1 Å². The topological polar surface area (TPSA) is 26.0 Å². The van der Waals surface area contributed by atoms with Gasteiger partial charge in [-0.15, -0.1) is 5.10 Å². The summed E-state index contributed by atoms with van der Waals surface area (Å²) in [5.74, 6) is 0.834. The van der Waals surface area contributed by atoms with Crippen molar-refractivity contribution in [2.24, 2.45) is 0 Å². The maximum absolute atomic E-state index is 6.11. The molecule has 30 heavy (non-hydrogen) atoms. The Balaban J connectivity index is 1.54. The van der Waals surface area contributed by atoms with Crippen LogP contribution in [0.15, 0.2) is 78.9 Å². The van der Waals surface area contributed by atoms with E-state index in [4.69, 9.17) is 28.9 Å². The van der Waals surface area contributed by atoms with Gasteiger partial charge in [0.2, 0.25) is 4.77 Å². The number of hydrogen-bond donors (Lipinski definition) is 0. The number of rotatable bonds is 4. The lowest BCUT2D eigenvalue weighted by Gasteiger charge is -2.28. The molecule has 1 aromatic heterocycles. The summed E-state index contributed by atoms with van der Waals surface area (Å²) in [6, 6.07) is 26.5. The van der Waals surface area contributed by atoms with Crippen LogP contribution in [0.5, 0.6) is 0 Å². The van der Waals surface area contributed by atoms with Gasteiger partial charge in [-0.1, -0.05) is 66.2 Å². The van der Waals surface area contributed by atoms with E-state index >= 15 is 0 Å². The minimum Gasteiger partial charge on any atom is -0.280 e. The molecule has 0 aliphatic carbocycles. The van der Waals surface area contributed by atoms with Crippen molar-refractivity contribution in [3.63, 3.8) is 0 Å². The van der Waals surface area contributed by atoms with Crippen molar-refractivity contribution in [3.05, 3.63) is 99.8 Å². The second kappa shape index (κ2) is 8.19. The lowest BCUT2D eigenvalue weighted by Crippen LogP contribution is -2.32. The summed E-state index contributed by atoms with van der Waals surface area (Å²) in [7, 11) is 0. The Morgan fingerprint density at radius 1 is 0.867 bits per heavy atom. The lowest BCUT2D eigenvalue weighted by atomic mass is 10.0. The molecule has 5 rings (SSSR count). The van der Waals surface area contributed by atoms with Gasteiger partial charge in [-0.25, -0.2) is 4.68 Å². The van der Waals surface area contributed by atoms with Crippen LogP contribution in [0.4, 0.5) is 0 Å². The third-order valence-electron chi connectivity index (χ3n) is 5.50. The minimum absolute atomic E-state index is 0.660. The van der Waals surface area contributed by atoms with Crippen LogP contribution in [0.25, 0.3) is 17.1 Å². The minimum atomic E-state index is 0.660. The Bertz CT molecular complexity index is 1230. The maximum Gasteiger partial charge on any atom is 0.204 e. The maximum atomic E-state index is 6.11. The molecule has 1 aliphatic heterocycles. The van der Waals surface area contributed by atoms with Gasteiger partial charge < -0.3 is 0 Å². The van der Waals surface area contributed by atoms with E-state index in [2.05, 4.69) is 41.3 Å². The number of nitrogens with zero attached hydrogens (tertiary/aromatic N) is 4. The fourth-order valence-corrected chi connectivity index (χ4v) is 4.38. The van der Waals surface area contributed by atoms with E-state index in [1.54, 1.807) is 0 Å². The second-order valence-corrected chi connectivity index (χ2v) is 8.30. The van der Waals surface area contributed by atoms with Gasteiger partial charge in [-0.2, -0.15) is 0 Å². The fourth-order valence-electron chi connectivity index (χ4n) is 3.96. The van der Waals surface area contributed by atoms with Crippen LogP contribution in [0.2, 0.25) is 5.02 Å². The number of hydrogen-bond acceptors (Lipinski definition) is 3. The van der Waals surface area contributed by atoms with Crippen molar-refractivity contribution >= 4 is 23.8 Å². The second-order valence-electron chi connectivity index (χ2n) is 7.50. The smallest absolute Gasteiger partial charge is 0.204 e. The molecule has 0 atom stereocenters. The van der Waals surface area contributed by atoms with Crippen molar-refractivity contribution in [2.45, 2.75) is 19.6 Å². The molecule has 150 valence electrons. The molecule has 0 bridgehead atoms. The first-order valence-electron chi connectivity index (χ1n) is 9.99. The Labute approximate surface area is 186 Å². The van der Waals surface area contributed by atoms with E-state index in [1.807, 2.05) is 51.7 Å². The first kappa shape index (κ1) is 19.2. The third-order valence-corrected chi connectivity index (χ3v) is 6.15. The van der Waals surface area contributed by atoms with Crippen LogP contribution in [-0.2, 0) is 19.6 Å². The molecule has 0 saturated carbocycles. The first-order valence-corrected chi connectivity index (χ1v) is 10.8. The van der Waals surface area contributed by atoms with Crippen LogP contribution in [-0.4, -0.2) is 25.8 Å². The molecular weight excluding hydrogens is 412 g/mol. The predicted octanol–water partition coefficient (Wildman–Crippen LogP) is 5.74. The van der Waals surface area contributed by atoms with Crippen LogP contribution >= 0.6 is 23.8 Å². The summed E-state index contributed by atoms with van der Waals surface area (Å²) >= 11 is 12.0. The fraction of sp³-hybridized carbons (Fsp3) is 0.167. The Kier molecular flexibility index (Phi) is 5.25. The van der Waals surface area contributed by atoms with Gasteiger partial charge in [-0.3, -0.25) is 9.47 Å². The van der Waals surface area contributed by atoms with Crippen LogP contribution < -0.4 is 0 Å². The van der Waals surface area contributed by atoms with Crippen LogP contribution in [0.3, 0.4) is 0 Å². The quantitative estimate of drug-likeness (QED) is 0.384. The molecule has 0 saturated heterocycles. The van der Waals surface area contributed by atoms with Crippen molar-refractivity contribution in [1.29, 1.82) is 0 Å². The number of aromatic nitrogens is 3. The lowest BCUT2D eigenvalue weighted by molar-refractivity contribution is 0.188. The summed E-state index contributed by atoms with van der Waals surface area (Å²) in [5, 5.41) is 5.63. The molecule has 4 aromatic rings. The van der Waals surface area contributed by atoms with Crippen molar-refractivity contribution in [1.82, 2.24) is 19.2 Å². The molecular formula is C24H21ClN4S. The highest BCUT2D eigenvalue weighted by Gasteiger charge is 2.19. The SMILES string of the molecule is S=c1n(CN2CCc3ccccc3C2)nc(-c2ccccc2)n1-c1ccc(Cl)cc1. The number of halogens is 1. The highest BCUT2D eigenvalue weighted by atomic mass is 35.5. The zero-order valence-electron chi connectivity index (χ0n) is 16.4. The molecule has 0 fully saturated rings. The highest BCUT2D eigenvalue weighted by Crippen LogP contribution is 2.25. The van der Waals surface area contributed by atoms with E-state index in [9.17, 15) is 0 Å². The molecule has 1 aliphatic rings. The van der Waals surface area contributed by atoms with Crippen molar-refractivity contribution in [3.8, 4) is 17.1 Å². The molecule has 0 N–H and O–H groups in total. The number of benzene rings is 3. The molecule has 0 radical (unpaired) electrons. The summed E-state index contributed by atoms with van der Waals surface area (Å²) in [5.41, 5.74) is 4.81. The summed E-state index contributed by atoms with van der Waals surface area (Å²) in [6.45, 7) is 2.56. The Morgan fingerprint density at radius 3 is 2.33 bits per heavy atom. The molecule has 2 heterocycles. The third kappa shape index (κ3) is 3.72. The molecule has 3 aromatic carbocycles. The first-order chi connectivity index (χ1) is 14.7. The van der Waals surface area contributed by atoms with Crippen molar-refractivity contribution in [2.75, 3.05) is 6.54 Å². The molecule has 0 spiro atoms. The molecule has 4 nitrogen and oxygen atoms in total. The van der Waals surface area contributed by atoms with Gasteiger partial charge in [0.1, 0.15) is 0 Å². The Hall–Kier alpha value is -2.73. The summed E-state index contributed by atoms with van der Waals surface area (Å²) in [6.07, 6.45) is 1.05. The van der Waals surface area contributed by atoms with Gasteiger partial charge >= 0.3 is 0 Å². The van der Waals surface area contributed by atoms with Gasteiger partial charge in [0.15, 0.2) is 5.82 Å². The summed E-state index contributed by atoms with van der Waals surface area (Å²) < 4.78 is 4.63. The van der Waals surface area contributed by atoms with E-state index < -0.39 is 0 Å². The van der Waals surface area contributed by atoms with Crippen LogP contribution in [0.1, 0.15) is 11.1 Å². The normalized spacial score (nSPS) is 13.9. The average molecular weight is 433 g/mol. The number of fused-ring (bicyclic) bond motifs is 1. The largest absolute Gasteiger partial charge is 0.280 e. The zero-order chi connectivity index (χ0) is 20.5. The predicted molar refractivity (Wildman–Crippen MR) is 123 cm³/mol. The zero-order valence-corrected chi connectivity index (χ0v) is 18.0. The van der Waals surface area contributed by atoms with Crippen LogP contribution in [0, 0.1) is 4.77 Å². The van der Waals surface area contributed by atoms with Crippen molar-refractivity contribution < 1.29 is 0 Å². The average Bonchev–Trinajstić information content (AvgIpc) is 3.11. The van der Waals surface area contributed by atoms with E-state index in [0.717, 1.165) is 36.6 Å². The van der Waals surface area contributed by atoms with Gasteiger partial charge in [-0.05, 0) is 54.0 Å². The molecule has 0 unspecified atom stereocenters. The Morgan fingerprint density at radius 2 is 1.57 bits per heavy atom. The van der Waals surface area contributed by atoms with Gasteiger partial charge in [0.05, 0.1) is 12.4 Å². The standard InChI is InChI=1S/C24H21ClN4S/c25-21-10-12-22(13-11-21)29-23(19-7-2-1-3-8-19)26-28(24(29)30)17-27-15-14-18-6-4-5-9-20(18)16-27/h1-13H,14-17H2. The van der Waals surface area contributed by atoms with E-state index in [0.29, 0.717) is 16.5 Å². The molecule has 0 amide bonds. The summed E-state index contributed by atoms with van der Waals surface area (Å²) in [4.78, 5) is 2.39.